The van der Waals surface area contributed by atoms with Crippen molar-refractivity contribution in [2.45, 2.75) is 19.9 Å². The molecular formula is C13H18N4O2S. The maximum Gasteiger partial charge on any atom is 0.346 e. The summed E-state index contributed by atoms with van der Waals surface area (Å²) in [6, 6.07) is 3.99. The van der Waals surface area contributed by atoms with Crippen molar-refractivity contribution < 1.29 is 0 Å². The molecule has 0 saturated heterocycles. The second-order valence-electron chi connectivity index (χ2n) is 5.00. The summed E-state index contributed by atoms with van der Waals surface area (Å²) in [7, 11) is 2.98. The van der Waals surface area contributed by atoms with Crippen molar-refractivity contribution in [3.05, 3.63) is 43.2 Å². The summed E-state index contributed by atoms with van der Waals surface area (Å²) in [4.78, 5) is 24.9. The normalized spacial score (nSPS) is 12.7. The first-order valence-corrected chi connectivity index (χ1v) is 7.24. The summed E-state index contributed by atoms with van der Waals surface area (Å²) in [5, 5.41) is 9.19. The molecular weight excluding hydrogens is 276 g/mol. The van der Waals surface area contributed by atoms with E-state index in [2.05, 4.69) is 24.3 Å². The molecule has 0 aliphatic rings. The van der Waals surface area contributed by atoms with Gasteiger partial charge in [-0.25, -0.2) is 9.48 Å². The van der Waals surface area contributed by atoms with E-state index in [9.17, 15) is 9.59 Å². The SMILES string of the molecule is CC(C)C(Nc1nn(C)c(=O)n(C)c1=O)c1cccs1. The van der Waals surface area contributed by atoms with Gasteiger partial charge >= 0.3 is 5.69 Å². The molecule has 0 aliphatic heterocycles. The lowest BCUT2D eigenvalue weighted by Gasteiger charge is -2.21. The average molecular weight is 294 g/mol. The highest BCUT2D eigenvalue weighted by Crippen LogP contribution is 2.28. The number of aromatic nitrogens is 3. The van der Waals surface area contributed by atoms with Gasteiger partial charge in [-0.3, -0.25) is 9.36 Å². The second-order valence-corrected chi connectivity index (χ2v) is 5.98. The number of hydrogen-bond donors (Lipinski definition) is 1. The molecule has 0 saturated carbocycles. The Morgan fingerprint density at radius 1 is 1.30 bits per heavy atom. The van der Waals surface area contributed by atoms with Gasteiger partial charge in [0.1, 0.15) is 0 Å². The van der Waals surface area contributed by atoms with Gasteiger partial charge in [0, 0.05) is 19.0 Å². The molecule has 1 unspecified atom stereocenters. The molecule has 2 rings (SSSR count). The molecule has 0 aromatic carbocycles. The van der Waals surface area contributed by atoms with Crippen LogP contribution in [-0.2, 0) is 14.1 Å². The smallest absolute Gasteiger partial charge is 0.346 e. The summed E-state index contributed by atoms with van der Waals surface area (Å²) >= 11 is 1.63. The molecule has 1 N–H and O–H groups in total. The van der Waals surface area contributed by atoms with Crippen molar-refractivity contribution >= 4 is 17.2 Å². The molecule has 7 heteroatoms. The molecule has 2 heterocycles. The predicted molar refractivity (Wildman–Crippen MR) is 80.2 cm³/mol. The van der Waals surface area contributed by atoms with Crippen LogP contribution in [0.3, 0.4) is 0 Å². The van der Waals surface area contributed by atoms with Crippen LogP contribution in [0.4, 0.5) is 5.82 Å². The van der Waals surface area contributed by atoms with Crippen LogP contribution in [0.25, 0.3) is 0 Å². The number of nitrogens with one attached hydrogen (secondary N) is 1. The van der Waals surface area contributed by atoms with Crippen LogP contribution in [0.2, 0.25) is 0 Å². The van der Waals surface area contributed by atoms with Gasteiger partial charge in [-0.1, -0.05) is 19.9 Å². The Morgan fingerprint density at radius 2 is 2.00 bits per heavy atom. The topological polar surface area (TPSA) is 68.9 Å². The zero-order valence-corrected chi connectivity index (χ0v) is 12.8. The minimum Gasteiger partial charge on any atom is -0.356 e. The van der Waals surface area contributed by atoms with Crippen LogP contribution in [0.1, 0.15) is 24.8 Å². The van der Waals surface area contributed by atoms with Gasteiger partial charge in [0.25, 0.3) is 5.56 Å². The Morgan fingerprint density at radius 3 is 2.55 bits per heavy atom. The second kappa shape index (κ2) is 5.62. The molecule has 0 aliphatic carbocycles. The van der Waals surface area contributed by atoms with Crippen molar-refractivity contribution in [3.8, 4) is 0 Å². The van der Waals surface area contributed by atoms with Crippen LogP contribution in [0.15, 0.2) is 27.1 Å². The van der Waals surface area contributed by atoms with E-state index < -0.39 is 11.2 Å². The number of rotatable bonds is 4. The van der Waals surface area contributed by atoms with Crippen LogP contribution in [0.5, 0.6) is 0 Å². The van der Waals surface area contributed by atoms with Gasteiger partial charge < -0.3 is 5.32 Å². The highest BCUT2D eigenvalue weighted by molar-refractivity contribution is 7.10. The van der Waals surface area contributed by atoms with Crippen LogP contribution in [-0.4, -0.2) is 14.3 Å². The predicted octanol–water partition coefficient (Wildman–Crippen LogP) is 1.35. The van der Waals surface area contributed by atoms with Gasteiger partial charge in [-0.15, -0.1) is 16.4 Å². The summed E-state index contributed by atoms with van der Waals surface area (Å²) in [6.45, 7) is 4.15. The first-order valence-electron chi connectivity index (χ1n) is 6.36. The summed E-state index contributed by atoms with van der Waals surface area (Å²) in [5.74, 6) is 0.485. The van der Waals surface area contributed by atoms with Gasteiger partial charge in [-0.2, -0.15) is 0 Å². The van der Waals surface area contributed by atoms with Gasteiger partial charge in [0.15, 0.2) is 0 Å². The van der Waals surface area contributed by atoms with Crippen molar-refractivity contribution in [1.29, 1.82) is 0 Å². The number of aryl methyl sites for hydroxylation is 1. The molecule has 0 radical (unpaired) electrons. The first kappa shape index (κ1) is 14.5. The fraction of sp³-hybridized carbons (Fsp3) is 0.462. The van der Waals surface area contributed by atoms with Crippen LogP contribution in [0, 0.1) is 5.92 Å². The lowest BCUT2D eigenvalue weighted by Crippen LogP contribution is -2.40. The minimum atomic E-state index is -0.433. The molecule has 20 heavy (non-hydrogen) atoms. The summed E-state index contributed by atoms with van der Waals surface area (Å²) < 4.78 is 2.22. The number of thiophene rings is 1. The van der Waals surface area contributed by atoms with Crippen molar-refractivity contribution in [2.75, 3.05) is 5.32 Å². The van der Waals surface area contributed by atoms with Crippen LogP contribution < -0.4 is 16.6 Å². The molecule has 2 aromatic heterocycles. The standard InChI is InChI=1S/C13H18N4O2S/c1-8(2)10(9-6-5-7-20-9)14-11-12(18)16(3)13(19)17(4)15-11/h5-8,10H,1-4H3,(H,14,15). The Labute approximate surface area is 120 Å². The highest BCUT2D eigenvalue weighted by atomic mass is 32.1. The maximum absolute atomic E-state index is 12.1. The van der Waals surface area contributed by atoms with E-state index in [4.69, 9.17) is 0 Å². The molecule has 2 aromatic rings. The van der Waals surface area contributed by atoms with Crippen LogP contribution >= 0.6 is 11.3 Å². The van der Waals surface area contributed by atoms with Crippen molar-refractivity contribution in [1.82, 2.24) is 14.3 Å². The van der Waals surface area contributed by atoms with E-state index in [0.717, 1.165) is 14.1 Å². The van der Waals surface area contributed by atoms with E-state index in [0.29, 0.717) is 0 Å². The Hall–Kier alpha value is -1.89. The largest absolute Gasteiger partial charge is 0.356 e. The molecule has 0 fully saturated rings. The third-order valence-electron chi connectivity index (χ3n) is 3.13. The number of anilines is 1. The first-order chi connectivity index (χ1) is 9.41. The maximum atomic E-state index is 12.1. The van der Waals surface area contributed by atoms with E-state index in [1.807, 2.05) is 17.5 Å². The Kier molecular flexibility index (Phi) is 4.08. The Bertz CT molecular complexity index is 700. The third kappa shape index (κ3) is 2.67. The summed E-state index contributed by atoms with van der Waals surface area (Å²) in [6.07, 6.45) is 0. The van der Waals surface area contributed by atoms with Gasteiger partial charge in [0.05, 0.1) is 6.04 Å². The van der Waals surface area contributed by atoms with E-state index in [1.54, 1.807) is 11.3 Å². The minimum absolute atomic E-state index is 0.00676. The lowest BCUT2D eigenvalue weighted by molar-refractivity contribution is 0.538. The van der Waals surface area contributed by atoms with E-state index in [1.165, 1.54) is 14.1 Å². The van der Waals surface area contributed by atoms with Crippen molar-refractivity contribution in [2.24, 2.45) is 20.0 Å². The van der Waals surface area contributed by atoms with Gasteiger partial charge in [-0.05, 0) is 17.4 Å². The van der Waals surface area contributed by atoms with Crippen molar-refractivity contribution in [3.63, 3.8) is 0 Å². The molecule has 0 spiro atoms. The zero-order chi connectivity index (χ0) is 14.9. The Balaban J connectivity index is 2.43. The fourth-order valence-corrected chi connectivity index (χ4v) is 2.92. The molecule has 0 bridgehead atoms. The van der Waals surface area contributed by atoms with E-state index >= 15 is 0 Å². The molecule has 0 amide bonds. The zero-order valence-electron chi connectivity index (χ0n) is 12.0. The van der Waals surface area contributed by atoms with Gasteiger partial charge in [0.2, 0.25) is 5.82 Å². The monoisotopic (exact) mass is 294 g/mol. The highest BCUT2D eigenvalue weighted by Gasteiger charge is 2.19. The lowest BCUT2D eigenvalue weighted by atomic mass is 10.0. The number of hydrogen-bond acceptors (Lipinski definition) is 5. The van der Waals surface area contributed by atoms with E-state index in [-0.39, 0.29) is 17.8 Å². The number of nitrogens with zero attached hydrogens (tertiary/aromatic N) is 3. The molecule has 108 valence electrons. The fourth-order valence-electron chi connectivity index (χ4n) is 1.97. The molecule has 6 nitrogen and oxygen atoms in total. The average Bonchev–Trinajstić information content (AvgIpc) is 2.92. The third-order valence-corrected chi connectivity index (χ3v) is 4.08. The summed E-state index contributed by atoms with van der Waals surface area (Å²) in [5.41, 5.74) is -0.840. The quantitative estimate of drug-likeness (QED) is 0.924. The molecule has 1 atom stereocenters.